The zero-order valence-corrected chi connectivity index (χ0v) is 10.6. The van der Waals surface area contributed by atoms with E-state index in [0.717, 1.165) is 5.69 Å². The molecule has 0 radical (unpaired) electrons. The number of hydrogen-bond donors (Lipinski definition) is 2. The van der Waals surface area contributed by atoms with Gasteiger partial charge in [-0.15, -0.1) is 5.10 Å². The third-order valence-electron chi connectivity index (χ3n) is 2.61. The molecule has 0 amide bonds. The van der Waals surface area contributed by atoms with E-state index in [4.69, 9.17) is 5.11 Å². The molecule has 0 atom stereocenters. The first kappa shape index (κ1) is 13.0. The van der Waals surface area contributed by atoms with Crippen LogP contribution in [0.15, 0.2) is 24.5 Å². The number of nitrogens with one attached hydrogen (secondary N) is 1. The fourth-order valence-corrected chi connectivity index (χ4v) is 1.63. The van der Waals surface area contributed by atoms with Crippen LogP contribution in [0.4, 0.5) is 5.82 Å². The van der Waals surface area contributed by atoms with E-state index in [-0.39, 0.29) is 5.56 Å². The molecular formula is C12H15N5O2. The van der Waals surface area contributed by atoms with Gasteiger partial charge in [0.2, 0.25) is 0 Å². The first-order valence-electron chi connectivity index (χ1n) is 6.01. The Morgan fingerprint density at radius 2 is 2.32 bits per heavy atom. The monoisotopic (exact) mass is 261 g/mol. The summed E-state index contributed by atoms with van der Waals surface area (Å²) in [6.07, 6.45) is 4.07. The maximum absolute atomic E-state index is 11.0. The molecule has 2 heterocycles. The lowest BCUT2D eigenvalue weighted by molar-refractivity contribution is 0.0696. The van der Waals surface area contributed by atoms with Crippen LogP contribution in [0.5, 0.6) is 0 Å². The second-order valence-electron chi connectivity index (χ2n) is 3.98. The van der Waals surface area contributed by atoms with Crippen molar-refractivity contribution in [2.45, 2.75) is 19.9 Å². The number of hydrogen-bond acceptors (Lipinski definition) is 5. The van der Waals surface area contributed by atoms with Gasteiger partial charge in [0.15, 0.2) is 0 Å². The SMILES string of the molecule is CCc1cc(C(=O)O)cc(NCCn2ccnn2)n1. The molecule has 0 bridgehead atoms. The number of pyridine rings is 1. The molecule has 2 rings (SSSR count). The summed E-state index contributed by atoms with van der Waals surface area (Å²) in [7, 11) is 0. The predicted octanol–water partition coefficient (Wildman–Crippen LogP) is 1.05. The molecule has 0 aliphatic rings. The van der Waals surface area contributed by atoms with Gasteiger partial charge < -0.3 is 10.4 Å². The zero-order chi connectivity index (χ0) is 13.7. The van der Waals surface area contributed by atoms with Gasteiger partial charge in [-0.2, -0.15) is 0 Å². The molecule has 2 aromatic rings. The number of aromatic carboxylic acids is 1. The number of carboxylic acids is 1. The van der Waals surface area contributed by atoms with Crippen molar-refractivity contribution in [3.63, 3.8) is 0 Å². The molecule has 0 fully saturated rings. The fraction of sp³-hybridized carbons (Fsp3) is 0.333. The lowest BCUT2D eigenvalue weighted by Crippen LogP contribution is -2.13. The smallest absolute Gasteiger partial charge is 0.335 e. The summed E-state index contributed by atoms with van der Waals surface area (Å²) >= 11 is 0. The van der Waals surface area contributed by atoms with Crippen LogP contribution in [0.1, 0.15) is 23.0 Å². The Morgan fingerprint density at radius 3 is 2.95 bits per heavy atom. The van der Waals surface area contributed by atoms with Gasteiger partial charge >= 0.3 is 5.97 Å². The van der Waals surface area contributed by atoms with Crippen molar-refractivity contribution in [2.75, 3.05) is 11.9 Å². The largest absolute Gasteiger partial charge is 0.478 e. The van der Waals surface area contributed by atoms with Gasteiger partial charge in [-0.3, -0.25) is 4.68 Å². The van der Waals surface area contributed by atoms with E-state index in [1.807, 2.05) is 6.92 Å². The van der Waals surface area contributed by atoms with E-state index in [2.05, 4.69) is 20.6 Å². The molecule has 7 heteroatoms. The molecule has 0 spiro atoms. The van der Waals surface area contributed by atoms with Crippen LogP contribution in [0.3, 0.4) is 0 Å². The number of carboxylic acid groups (broad SMARTS) is 1. The van der Waals surface area contributed by atoms with Crippen LogP contribution < -0.4 is 5.32 Å². The molecule has 2 aromatic heterocycles. The highest BCUT2D eigenvalue weighted by Gasteiger charge is 2.07. The Balaban J connectivity index is 2.02. The van der Waals surface area contributed by atoms with Gasteiger partial charge in [-0.1, -0.05) is 12.1 Å². The standard InChI is InChI=1S/C12H15N5O2/c1-2-10-7-9(12(18)19)8-11(15-10)13-3-5-17-6-4-14-16-17/h4,6-8H,2-3,5H2,1H3,(H,13,15)(H,18,19). The molecule has 7 nitrogen and oxygen atoms in total. The summed E-state index contributed by atoms with van der Waals surface area (Å²) in [6.45, 7) is 3.18. The number of nitrogens with zero attached hydrogens (tertiary/aromatic N) is 4. The minimum atomic E-state index is -0.948. The fourth-order valence-electron chi connectivity index (χ4n) is 1.63. The first-order chi connectivity index (χ1) is 9.19. The topological polar surface area (TPSA) is 92.9 Å². The molecule has 0 unspecified atom stereocenters. The van der Waals surface area contributed by atoms with E-state index in [1.165, 1.54) is 6.07 Å². The van der Waals surface area contributed by atoms with Crippen LogP contribution in [0.25, 0.3) is 0 Å². The zero-order valence-electron chi connectivity index (χ0n) is 10.6. The van der Waals surface area contributed by atoms with Crippen molar-refractivity contribution in [3.05, 3.63) is 35.8 Å². The molecule has 2 N–H and O–H groups in total. The van der Waals surface area contributed by atoms with Gasteiger partial charge in [0.1, 0.15) is 5.82 Å². The molecular weight excluding hydrogens is 246 g/mol. The van der Waals surface area contributed by atoms with Crippen LogP contribution in [-0.2, 0) is 13.0 Å². The third kappa shape index (κ3) is 3.51. The van der Waals surface area contributed by atoms with E-state index in [0.29, 0.717) is 25.3 Å². The lowest BCUT2D eigenvalue weighted by atomic mass is 10.2. The Labute approximate surface area is 110 Å². The summed E-state index contributed by atoms with van der Waals surface area (Å²) in [5.74, 6) is -0.381. The van der Waals surface area contributed by atoms with Gasteiger partial charge in [-0.05, 0) is 18.6 Å². The number of aromatic nitrogens is 4. The number of anilines is 1. The summed E-state index contributed by atoms with van der Waals surface area (Å²) in [4.78, 5) is 15.3. The Kier molecular flexibility index (Phi) is 4.07. The Bertz CT molecular complexity index is 553. The lowest BCUT2D eigenvalue weighted by Gasteiger charge is -2.08. The maximum Gasteiger partial charge on any atom is 0.335 e. The van der Waals surface area contributed by atoms with E-state index >= 15 is 0 Å². The molecule has 0 aliphatic heterocycles. The van der Waals surface area contributed by atoms with Crippen molar-refractivity contribution in [2.24, 2.45) is 0 Å². The van der Waals surface area contributed by atoms with Crippen molar-refractivity contribution in [1.82, 2.24) is 20.0 Å². The molecule has 0 aromatic carbocycles. The minimum Gasteiger partial charge on any atom is -0.478 e. The van der Waals surface area contributed by atoms with Crippen LogP contribution in [0, 0.1) is 0 Å². The number of aryl methyl sites for hydroxylation is 1. The first-order valence-corrected chi connectivity index (χ1v) is 6.01. The van der Waals surface area contributed by atoms with Crippen molar-refractivity contribution in [3.8, 4) is 0 Å². The average molecular weight is 261 g/mol. The summed E-state index contributed by atoms with van der Waals surface area (Å²) in [5.41, 5.74) is 0.998. The van der Waals surface area contributed by atoms with Crippen molar-refractivity contribution in [1.29, 1.82) is 0 Å². The predicted molar refractivity (Wildman–Crippen MR) is 69.1 cm³/mol. The van der Waals surface area contributed by atoms with Crippen LogP contribution in [0.2, 0.25) is 0 Å². The second-order valence-corrected chi connectivity index (χ2v) is 3.98. The normalized spacial score (nSPS) is 10.4. The molecule has 0 aliphatic carbocycles. The van der Waals surface area contributed by atoms with Crippen molar-refractivity contribution >= 4 is 11.8 Å². The second kappa shape index (κ2) is 5.94. The van der Waals surface area contributed by atoms with Crippen LogP contribution >= 0.6 is 0 Å². The van der Waals surface area contributed by atoms with Gasteiger partial charge in [0.25, 0.3) is 0 Å². The summed E-state index contributed by atoms with van der Waals surface area (Å²) in [5, 5.41) is 19.7. The average Bonchev–Trinajstić information content (AvgIpc) is 2.91. The summed E-state index contributed by atoms with van der Waals surface area (Å²) < 4.78 is 1.69. The molecule has 0 saturated carbocycles. The molecule has 0 saturated heterocycles. The van der Waals surface area contributed by atoms with E-state index in [9.17, 15) is 4.79 Å². The van der Waals surface area contributed by atoms with E-state index in [1.54, 1.807) is 23.1 Å². The van der Waals surface area contributed by atoms with E-state index < -0.39 is 5.97 Å². The highest BCUT2D eigenvalue weighted by atomic mass is 16.4. The van der Waals surface area contributed by atoms with Gasteiger partial charge in [0.05, 0.1) is 18.3 Å². The van der Waals surface area contributed by atoms with Gasteiger partial charge in [-0.25, -0.2) is 9.78 Å². The summed E-state index contributed by atoms with van der Waals surface area (Å²) in [6, 6.07) is 3.12. The molecule has 100 valence electrons. The number of rotatable bonds is 6. The van der Waals surface area contributed by atoms with Crippen molar-refractivity contribution < 1.29 is 9.90 Å². The Morgan fingerprint density at radius 1 is 1.47 bits per heavy atom. The van der Waals surface area contributed by atoms with Crippen LogP contribution in [-0.4, -0.2) is 37.6 Å². The highest BCUT2D eigenvalue weighted by molar-refractivity contribution is 5.88. The minimum absolute atomic E-state index is 0.245. The highest BCUT2D eigenvalue weighted by Crippen LogP contribution is 2.11. The third-order valence-corrected chi connectivity index (χ3v) is 2.61. The van der Waals surface area contributed by atoms with Gasteiger partial charge in [0, 0.05) is 18.4 Å². The Hall–Kier alpha value is -2.44. The molecule has 19 heavy (non-hydrogen) atoms. The number of carbonyl (C=O) groups is 1. The maximum atomic E-state index is 11.0. The quantitative estimate of drug-likeness (QED) is 0.807.